The van der Waals surface area contributed by atoms with E-state index >= 15 is 0 Å². The minimum absolute atomic E-state index is 0.00635. The minimum atomic E-state index is 0.00635. The van der Waals surface area contributed by atoms with Gasteiger partial charge in [0.2, 0.25) is 0 Å². The molecule has 0 N–H and O–H groups in total. The zero-order valence-electron chi connectivity index (χ0n) is 10.0. The molecule has 0 saturated carbocycles. The molecule has 0 aromatic heterocycles. The predicted octanol–water partition coefficient (Wildman–Crippen LogP) is 3.78. The molecule has 2 aromatic carbocycles. The van der Waals surface area contributed by atoms with E-state index in [0.29, 0.717) is 6.42 Å². The maximum atomic E-state index is 11.3. The number of carbonyl (C=O) groups is 1. The second-order valence-electron chi connectivity index (χ2n) is 3.91. The minimum Gasteiger partial charge on any atom is -0.457 e. The van der Waals surface area contributed by atoms with E-state index in [0.717, 1.165) is 17.1 Å². The molecule has 0 fully saturated rings. The largest absolute Gasteiger partial charge is 0.457 e. The van der Waals surface area contributed by atoms with E-state index in [4.69, 9.17) is 4.74 Å². The Morgan fingerprint density at radius 2 is 1.78 bits per heavy atom. The van der Waals surface area contributed by atoms with Crippen LogP contribution >= 0.6 is 0 Å². The molecule has 2 rings (SSSR count). The monoisotopic (exact) mass is 238 g/mol. The van der Waals surface area contributed by atoms with Crippen molar-refractivity contribution in [2.75, 3.05) is 0 Å². The zero-order valence-corrected chi connectivity index (χ0v) is 10.0. The third-order valence-electron chi connectivity index (χ3n) is 2.48. The molecule has 0 aliphatic rings. The molecule has 0 aliphatic carbocycles. The summed E-state index contributed by atoms with van der Waals surface area (Å²) in [5.41, 5.74) is 0.924. The fourth-order valence-corrected chi connectivity index (χ4v) is 1.62. The van der Waals surface area contributed by atoms with Crippen molar-refractivity contribution in [1.29, 1.82) is 0 Å². The molecule has 0 unspecified atom stereocenters. The second-order valence-corrected chi connectivity index (χ2v) is 3.91. The molecule has 2 aromatic rings. The zero-order chi connectivity index (χ0) is 12.8. The van der Waals surface area contributed by atoms with Crippen LogP contribution in [-0.4, -0.2) is 5.78 Å². The van der Waals surface area contributed by atoms with Crippen LogP contribution in [0.25, 0.3) is 0 Å². The molecule has 2 nitrogen and oxygen atoms in total. The Hall–Kier alpha value is -2.35. The SMILES string of the molecule is C=CC(=O)Cc1cccc(Oc2ccccc2)c1. The van der Waals surface area contributed by atoms with E-state index in [1.165, 1.54) is 6.08 Å². The van der Waals surface area contributed by atoms with E-state index in [-0.39, 0.29) is 5.78 Å². The molecule has 0 radical (unpaired) electrons. The van der Waals surface area contributed by atoms with Gasteiger partial charge in [0, 0.05) is 6.42 Å². The lowest BCUT2D eigenvalue weighted by Crippen LogP contribution is -1.97. The molecule has 0 atom stereocenters. The van der Waals surface area contributed by atoms with Gasteiger partial charge in [-0.15, -0.1) is 0 Å². The Balaban J connectivity index is 2.12. The number of rotatable bonds is 5. The number of para-hydroxylation sites is 1. The second kappa shape index (κ2) is 5.82. The van der Waals surface area contributed by atoms with E-state index in [1.54, 1.807) is 0 Å². The highest BCUT2D eigenvalue weighted by molar-refractivity contribution is 5.90. The number of ether oxygens (including phenoxy) is 1. The quantitative estimate of drug-likeness (QED) is 0.741. The lowest BCUT2D eigenvalue weighted by Gasteiger charge is -2.06. The van der Waals surface area contributed by atoms with E-state index in [2.05, 4.69) is 6.58 Å². The number of allylic oxidation sites excluding steroid dienone is 1. The van der Waals surface area contributed by atoms with Gasteiger partial charge < -0.3 is 4.74 Å². The van der Waals surface area contributed by atoms with Crippen LogP contribution in [0.2, 0.25) is 0 Å². The first kappa shape index (κ1) is 12.1. The van der Waals surface area contributed by atoms with Gasteiger partial charge in [0.15, 0.2) is 5.78 Å². The van der Waals surface area contributed by atoms with Crippen molar-refractivity contribution in [3.8, 4) is 11.5 Å². The fraction of sp³-hybridized carbons (Fsp3) is 0.0625. The summed E-state index contributed by atoms with van der Waals surface area (Å²) in [7, 11) is 0. The highest BCUT2D eigenvalue weighted by Gasteiger charge is 2.02. The Labute approximate surface area is 107 Å². The third-order valence-corrected chi connectivity index (χ3v) is 2.48. The van der Waals surface area contributed by atoms with Gasteiger partial charge in [0.1, 0.15) is 11.5 Å². The summed E-state index contributed by atoms with van der Waals surface area (Å²) in [4.78, 5) is 11.3. The van der Waals surface area contributed by atoms with Crippen LogP contribution in [0.5, 0.6) is 11.5 Å². The molecule has 0 saturated heterocycles. The number of carbonyl (C=O) groups excluding carboxylic acids is 1. The lowest BCUT2D eigenvalue weighted by atomic mass is 10.1. The number of ketones is 1. The van der Waals surface area contributed by atoms with Crippen LogP contribution in [0.15, 0.2) is 67.3 Å². The molecule has 0 heterocycles. The van der Waals surface area contributed by atoms with Gasteiger partial charge >= 0.3 is 0 Å². The predicted molar refractivity (Wildman–Crippen MR) is 71.9 cm³/mol. The van der Waals surface area contributed by atoms with Gasteiger partial charge in [-0.25, -0.2) is 0 Å². The van der Waals surface area contributed by atoms with Gasteiger partial charge in [-0.05, 0) is 35.9 Å². The summed E-state index contributed by atoms with van der Waals surface area (Å²) in [5.74, 6) is 1.52. The van der Waals surface area contributed by atoms with Gasteiger partial charge in [-0.1, -0.05) is 36.9 Å². The van der Waals surface area contributed by atoms with Crippen molar-refractivity contribution in [2.24, 2.45) is 0 Å². The highest BCUT2D eigenvalue weighted by Crippen LogP contribution is 2.21. The Morgan fingerprint density at radius 1 is 1.06 bits per heavy atom. The summed E-state index contributed by atoms with van der Waals surface area (Å²) in [6.07, 6.45) is 1.69. The molecular weight excluding hydrogens is 224 g/mol. The Bertz CT molecular complexity index is 544. The smallest absolute Gasteiger partial charge is 0.159 e. The standard InChI is InChI=1S/C16H14O2/c1-2-14(17)11-13-7-6-10-16(12-13)18-15-8-4-3-5-9-15/h2-10,12H,1,11H2. The molecule has 0 amide bonds. The summed E-state index contributed by atoms with van der Waals surface area (Å²) >= 11 is 0. The number of hydrogen-bond acceptors (Lipinski definition) is 2. The summed E-state index contributed by atoms with van der Waals surface area (Å²) in [5, 5.41) is 0. The Morgan fingerprint density at radius 3 is 2.50 bits per heavy atom. The van der Waals surface area contributed by atoms with Gasteiger partial charge in [0.25, 0.3) is 0 Å². The maximum absolute atomic E-state index is 11.3. The first-order valence-corrected chi connectivity index (χ1v) is 5.75. The molecule has 0 bridgehead atoms. The fourth-order valence-electron chi connectivity index (χ4n) is 1.62. The lowest BCUT2D eigenvalue weighted by molar-refractivity contribution is -0.114. The molecule has 2 heteroatoms. The molecule has 90 valence electrons. The van der Waals surface area contributed by atoms with Crippen LogP contribution in [0.1, 0.15) is 5.56 Å². The first-order chi connectivity index (χ1) is 8.78. The van der Waals surface area contributed by atoms with Crippen LogP contribution in [0.3, 0.4) is 0 Å². The van der Waals surface area contributed by atoms with E-state index < -0.39 is 0 Å². The maximum Gasteiger partial charge on any atom is 0.159 e. The summed E-state index contributed by atoms with van der Waals surface area (Å²) < 4.78 is 5.70. The highest BCUT2D eigenvalue weighted by atomic mass is 16.5. The van der Waals surface area contributed by atoms with Crippen molar-refractivity contribution in [2.45, 2.75) is 6.42 Å². The molecular formula is C16H14O2. The Kier molecular flexibility index (Phi) is 3.92. The molecule has 18 heavy (non-hydrogen) atoms. The van der Waals surface area contributed by atoms with Crippen molar-refractivity contribution in [1.82, 2.24) is 0 Å². The van der Waals surface area contributed by atoms with Crippen LogP contribution < -0.4 is 4.74 Å². The first-order valence-electron chi connectivity index (χ1n) is 5.75. The average Bonchev–Trinajstić information content (AvgIpc) is 2.40. The van der Waals surface area contributed by atoms with E-state index in [1.807, 2.05) is 54.6 Å². The third kappa shape index (κ3) is 3.32. The van der Waals surface area contributed by atoms with Gasteiger partial charge in [0.05, 0.1) is 0 Å². The normalized spacial score (nSPS) is 9.78. The van der Waals surface area contributed by atoms with Gasteiger partial charge in [-0.3, -0.25) is 4.79 Å². The van der Waals surface area contributed by atoms with Crippen molar-refractivity contribution >= 4 is 5.78 Å². The van der Waals surface area contributed by atoms with Crippen LogP contribution in [0.4, 0.5) is 0 Å². The van der Waals surface area contributed by atoms with Crippen LogP contribution in [0, 0.1) is 0 Å². The molecule has 0 aliphatic heterocycles. The van der Waals surface area contributed by atoms with Crippen molar-refractivity contribution in [3.63, 3.8) is 0 Å². The topological polar surface area (TPSA) is 26.3 Å². The van der Waals surface area contributed by atoms with Crippen LogP contribution in [-0.2, 0) is 11.2 Å². The van der Waals surface area contributed by atoms with Crippen molar-refractivity contribution in [3.05, 3.63) is 72.8 Å². The summed E-state index contributed by atoms with van der Waals surface area (Å²) in [6, 6.07) is 17.1. The van der Waals surface area contributed by atoms with E-state index in [9.17, 15) is 4.79 Å². The van der Waals surface area contributed by atoms with Gasteiger partial charge in [-0.2, -0.15) is 0 Å². The molecule has 0 spiro atoms. The summed E-state index contributed by atoms with van der Waals surface area (Å²) in [6.45, 7) is 3.47. The average molecular weight is 238 g/mol. The number of benzene rings is 2. The number of hydrogen-bond donors (Lipinski definition) is 0. The van der Waals surface area contributed by atoms with Crippen molar-refractivity contribution < 1.29 is 9.53 Å².